The van der Waals surface area contributed by atoms with Crippen LogP contribution in [0.15, 0.2) is 72.9 Å². The van der Waals surface area contributed by atoms with Gasteiger partial charge in [0.25, 0.3) is 0 Å². The van der Waals surface area contributed by atoms with Crippen LogP contribution < -0.4 is 0 Å². The predicted molar refractivity (Wildman–Crippen MR) is 207 cm³/mol. The molecule has 0 aromatic rings. The number of esters is 2. The van der Waals surface area contributed by atoms with Crippen molar-refractivity contribution in [2.24, 2.45) is 0 Å². The van der Waals surface area contributed by atoms with Gasteiger partial charge in [0, 0.05) is 20.0 Å². The van der Waals surface area contributed by atoms with Crippen LogP contribution in [0.5, 0.6) is 0 Å². The SMILES string of the molecule is CC/C=C\C/C=C\C/C=C\C/C=C\CCC(=O)OC(COC(=O)CCCCCCCCC/C=C\C/C=C\CCCCCC)COP(=O)(O)OC. The second-order valence-electron chi connectivity index (χ2n) is 12.3. The van der Waals surface area contributed by atoms with Crippen molar-refractivity contribution in [3.8, 4) is 0 Å². The number of phosphoric acid groups is 1. The van der Waals surface area contributed by atoms with Gasteiger partial charge in [-0.1, -0.05) is 138 Å². The van der Waals surface area contributed by atoms with Crippen LogP contribution in [0.25, 0.3) is 0 Å². The summed E-state index contributed by atoms with van der Waals surface area (Å²) in [6, 6.07) is 0. The van der Waals surface area contributed by atoms with E-state index in [4.69, 9.17) is 14.0 Å². The van der Waals surface area contributed by atoms with Crippen LogP contribution in [0, 0.1) is 0 Å². The molecule has 0 aromatic heterocycles. The van der Waals surface area contributed by atoms with Gasteiger partial charge < -0.3 is 14.4 Å². The highest BCUT2D eigenvalue weighted by molar-refractivity contribution is 7.47. The van der Waals surface area contributed by atoms with Gasteiger partial charge in [-0.3, -0.25) is 18.6 Å². The number of hydrogen-bond donors (Lipinski definition) is 1. The Balaban J connectivity index is 4.15. The Hall–Kier alpha value is -2.51. The van der Waals surface area contributed by atoms with Crippen molar-refractivity contribution in [1.82, 2.24) is 0 Å². The van der Waals surface area contributed by atoms with Gasteiger partial charge in [-0.05, 0) is 70.6 Å². The van der Waals surface area contributed by atoms with Gasteiger partial charge in [-0.25, -0.2) is 4.57 Å². The first-order valence-electron chi connectivity index (χ1n) is 19.1. The van der Waals surface area contributed by atoms with E-state index < -0.39 is 32.5 Å². The number of carbonyl (C=O) groups is 2. The van der Waals surface area contributed by atoms with Crippen LogP contribution in [-0.4, -0.2) is 43.3 Å². The summed E-state index contributed by atoms with van der Waals surface area (Å²) >= 11 is 0. The fraction of sp³-hybridized carbons (Fsp3) is 0.659. The van der Waals surface area contributed by atoms with E-state index in [-0.39, 0.29) is 19.4 Å². The van der Waals surface area contributed by atoms with E-state index in [1.54, 1.807) is 0 Å². The van der Waals surface area contributed by atoms with Crippen molar-refractivity contribution in [2.75, 3.05) is 20.3 Å². The molecule has 8 nitrogen and oxygen atoms in total. The highest BCUT2D eigenvalue weighted by Crippen LogP contribution is 2.42. The Morgan fingerprint density at radius 2 is 1.06 bits per heavy atom. The molecule has 1 N–H and O–H groups in total. The largest absolute Gasteiger partial charge is 0.472 e. The van der Waals surface area contributed by atoms with E-state index in [0.29, 0.717) is 6.42 Å². The Bertz CT molecular complexity index is 1040. The van der Waals surface area contributed by atoms with Crippen molar-refractivity contribution < 1.29 is 37.6 Å². The van der Waals surface area contributed by atoms with Gasteiger partial charge in [0.15, 0.2) is 6.10 Å². The molecule has 50 heavy (non-hydrogen) atoms. The first kappa shape index (κ1) is 47.5. The third kappa shape index (κ3) is 35.3. The van der Waals surface area contributed by atoms with Crippen molar-refractivity contribution in [2.45, 2.75) is 155 Å². The normalized spacial score (nSPS) is 14.2. The van der Waals surface area contributed by atoms with E-state index in [9.17, 15) is 19.0 Å². The molecule has 2 unspecified atom stereocenters. The summed E-state index contributed by atoms with van der Waals surface area (Å²) in [5.74, 6) is -0.915. The number of allylic oxidation sites excluding steroid dienone is 12. The second kappa shape index (κ2) is 36.3. The summed E-state index contributed by atoms with van der Waals surface area (Å²) in [5.41, 5.74) is 0. The monoisotopic (exact) mass is 720 g/mol. The number of carbonyl (C=O) groups excluding carboxylic acids is 2. The molecule has 0 aromatic carbocycles. The molecule has 0 spiro atoms. The zero-order chi connectivity index (χ0) is 36.8. The fourth-order valence-electron chi connectivity index (χ4n) is 4.76. The van der Waals surface area contributed by atoms with Crippen molar-refractivity contribution in [1.29, 1.82) is 0 Å². The lowest BCUT2D eigenvalue weighted by molar-refractivity contribution is -0.161. The molecule has 2 atom stereocenters. The van der Waals surface area contributed by atoms with Gasteiger partial charge >= 0.3 is 19.8 Å². The number of unbranched alkanes of at least 4 members (excludes halogenated alkanes) is 11. The average Bonchev–Trinajstić information content (AvgIpc) is 3.10. The molecule has 0 saturated carbocycles. The summed E-state index contributed by atoms with van der Waals surface area (Å²) in [6.45, 7) is 3.66. The number of ether oxygens (including phenoxy) is 2. The van der Waals surface area contributed by atoms with Gasteiger partial charge in [0.1, 0.15) is 6.61 Å². The van der Waals surface area contributed by atoms with Crippen LogP contribution in [0.1, 0.15) is 149 Å². The molecule has 286 valence electrons. The molecule has 0 fully saturated rings. The zero-order valence-electron chi connectivity index (χ0n) is 31.5. The summed E-state index contributed by atoms with van der Waals surface area (Å²) in [6.07, 6.45) is 45.4. The van der Waals surface area contributed by atoms with Crippen molar-refractivity contribution >= 4 is 19.8 Å². The lowest BCUT2D eigenvalue weighted by atomic mass is 10.1. The van der Waals surface area contributed by atoms with E-state index >= 15 is 0 Å². The summed E-state index contributed by atoms with van der Waals surface area (Å²) in [4.78, 5) is 34.3. The minimum atomic E-state index is -4.28. The fourth-order valence-corrected chi connectivity index (χ4v) is 5.22. The Labute approximate surface area is 304 Å². The maximum absolute atomic E-state index is 12.4. The lowest BCUT2D eigenvalue weighted by Crippen LogP contribution is -2.29. The minimum absolute atomic E-state index is 0.118. The van der Waals surface area contributed by atoms with Crippen molar-refractivity contribution in [3.63, 3.8) is 0 Å². The van der Waals surface area contributed by atoms with Crippen LogP contribution in [0.2, 0.25) is 0 Å². The molecule has 9 heteroatoms. The minimum Gasteiger partial charge on any atom is -0.462 e. The van der Waals surface area contributed by atoms with Gasteiger partial charge in [0.05, 0.1) is 6.61 Å². The number of rotatable bonds is 34. The smallest absolute Gasteiger partial charge is 0.462 e. The molecule has 0 amide bonds. The summed E-state index contributed by atoms with van der Waals surface area (Å²) in [7, 11) is -3.24. The molecule has 0 bridgehead atoms. The Kier molecular flexibility index (Phi) is 34.5. The Morgan fingerprint density at radius 3 is 1.60 bits per heavy atom. The van der Waals surface area contributed by atoms with E-state index in [0.717, 1.165) is 71.3 Å². The van der Waals surface area contributed by atoms with E-state index in [2.05, 4.69) is 79.1 Å². The van der Waals surface area contributed by atoms with Gasteiger partial charge in [0.2, 0.25) is 0 Å². The van der Waals surface area contributed by atoms with Crippen LogP contribution in [-0.2, 0) is 32.7 Å². The van der Waals surface area contributed by atoms with E-state index in [1.807, 2.05) is 12.2 Å². The number of phosphoric ester groups is 1. The summed E-state index contributed by atoms with van der Waals surface area (Å²) < 4.78 is 31.8. The highest BCUT2D eigenvalue weighted by Gasteiger charge is 2.24. The maximum Gasteiger partial charge on any atom is 0.472 e. The number of hydrogen-bond acceptors (Lipinski definition) is 7. The molecular formula is C41H69O8P. The first-order chi connectivity index (χ1) is 24.3. The zero-order valence-corrected chi connectivity index (χ0v) is 32.4. The van der Waals surface area contributed by atoms with Crippen molar-refractivity contribution in [3.05, 3.63) is 72.9 Å². The van der Waals surface area contributed by atoms with Gasteiger partial charge in [-0.2, -0.15) is 0 Å². The lowest BCUT2D eigenvalue weighted by Gasteiger charge is -2.19. The third-order valence-corrected chi connectivity index (χ3v) is 8.63. The molecule has 0 aliphatic heterocycles. The molecule has 0 rings (SSSR count). The van der Waals surface area contributed by atoms with Gasteiger partial charge in [-0.15, -0.1) is 0 Å². The van der Waals surface area contributed by atoms with Crippen LogP contribution in [0.4, 0.5) is 0 Å². The first-order valence-corrected chi connectivity index (χ1v) is 20.6. The van der Waals surface area contributed by atoms with Crippen LogP contribution >= 0.6 is 7.82 Å². The molecule has 0 aliphatic carbocycles. The third-order valence-electron chi connectivity index (χ3n) is 7.70. The summed E-state index contributed by atoms with van der Waals surface area (Å²) in [5, 5.41) is 0. The molecular weight excluding hydrogens is 651 g/mol. The molecule has 0 heterocycles. The van der Waals surface area contributed by atoms with E-state index in [1.165, 1.54) is 51.4 Å². The molecule has 0 saturated heterocycles. The predicted octanol–water partition coefficient (Wildman–Crippen LogP) is 11.8. The quantitative estimate of drug-likeness (QED) is 0.0303. The highest BCUT2D eigenvalue weighted by atomic mass is 31.2. The molecule has 0 radical (unpaired) electrons. The topological polar surface area (TPSA) is 108 Å². The average molecular weight is 721 g/mol. The second-order valence-corrected chi connectivity index (χ2v) is 13.9. The Morgan fingerprint density at radius 1 is 0.580 bits per heavy atom. The van der Waals surface area contributed by atoms with Crippen LogP contribution in [0.3, 0.4) is 0 Å². The molecule has 0 aliphatic rings. The maximum atomic E-state index is 12.4. The standard InChI is InChI=1S/C41H69O8P/c1-4-6-8-10-12-14-16-18-19-20-21-22-24-25-27-29-31-33-35-40(42)47-37-39(38-48-50(44,45)46-3)49-41(43)36-34-32-30-28-26-23-17-15-13-11-9-7-5-2/h7,9,13-16,19-20,23,26,30,32,39H,4-6,8,10-12,17-18,21-22,24-25,27-29,31,33-38H2,1-3H3,(H,44,45)/b9-7-,15-13-,16-14-,20-19-,26-23-,32-30-.